The summed E-state index contributed by atoms with van der Waals surface area (Å²) in [5, 5.41) is 9.39. The number of benzene rings is 1. The van der Waals surface area contributed by atoms with Crippen molar-refractivity contribution in [3.05, 3.63) is 59.9 Å². The lowest BCUT2D eigenvalue weighted by Crippen LogP contribution is -2.01. The molecule has 0 aliphatic rings. The molecule has 1 aromatic heterocycles. The normalized spacial score (nSPS) is 12.1. The third-order valence-corrected chi connectivity index (χ3v) is 2.77. The van der Waals surface area contributed by atoms with Crippen molar-refractivity contribution in [1.82, 2.24) is 4.98 Å². The van der Waals surface area contributed by atoms with Gasteiger partial charge in [0.2, 0.25) is 0 Å². The van der Waals surface area contributed by atoms with Gasteiger partial charge < -0.3 is 9.84 Å². The fraction of sp³-hybridized carbons (Fsp3) is 0.267. The van der Waals surface area contributed by atoms with Crippen molar-refractivity contribution in [3.63, 3.8) is 0 Å². The molecule has 0 aliphatic carbocycles. The molecule has 2 aromatic rings. The van der Waals surface area contributed by atoms with Crippen molar-refractivity contribution in [2.45, 2.75) is 19.4 Å². The van der Waals surface area contributed by atoms with Crippen LogP contribution in [0.5, 0.6) is 5.75 Å². The molecule has 1 N–H and O–H groups in total. The van der Waals surface area contributed by atoms with Crippen molar-refractivity contribution in [1.29, 1.82) is 0 Å². The molecule has 0 amide bonds. The SMILES string of the molecule is CC(O)c1ccc(OCCc2ccncc2)cc1. The van der Waals surface area contributed by atoms with Gasteiger partial charge in [-0.25, -0.2) is 0 Å². The van der Waals surface area contributed by atoms with E-state index in [9.17, 15) is 5.11 Å². The van der Waals surface area contributed by atoms with Crippen molar-refractivity contribution in [2.75, 3.05) is 6.61 Å². The van der Waals surface area contributed by atoms with Crippen LogP contribution in [0.25, 0.3) is 0 Å². The van der Waals surface area contributed by atoms with Crippen molar-refractivity contribution in [3.8, 4) is 5.75 Å². The van der Waals surface area contributed by atoms with E-state index in [1.165, 1.54) is 5.56 Å². The number of hydrogen-bond acceptors (Lipinski definition) is 3. The van der Waals surface area contributed by atoms with Crippen LogP contribution in [0, 0.1) is 0 Å². The zero-order valence-corrected chi connectivity index (χ0v) is 10.4. The molecule has 0 spiro atoms. The zero-order valence-electron chi connectivity index (χ0n) is 10.4. The van der Waals surface area contributed by atoms with E-state index in [-0.39, 0.29) is 0 Å². The van der Waals surface area contributed by atoms with Gasteiger partial charge in [0.05, 0.1) is 12.7 Å². The first-order valence-corrected chi connectivity index (χ1v) is 6.05. The highest BCUT2D eigenvalue weighted by atomic mass is 16.5. The van der Waals surface area contributed by atoms with Crippen LogP contribution in [0.4, 0.5) is 0 Å². The van der Waals surface area contributed by atoms with E-state index in [2.05, 4.69) is 4.98 Å². The Labute approximate surface area is 107 Å². The first-order valence-electron chi connectivity index (χ1n) is 6.05. The number of ether oxygens (including phenoxy) is 1. The van der Waals surface area contributed by atoms with Crippen LogP contribution in [-0.4, -0.2) is 16.7 Å². The minimum atomic E-state index is -0.434. The van der Waals surface area contributed by atoms with Gasteiger partial charge in [-0.05, 0) is 42.3 Å². The molecule has 0 saturated carbocycles. The topological polar surface area (TPSA) is 42.4 Å². The summed E-state index contributed by atoms with van der Waals surface area (Å²) in [6, 6.07) is 11.5. The number of nitrogens with zero attached hydrogens (tertiary/aromatic N) is 1. The fourth-order valence-corrected chi connectivity index (χ4v) is 1.68. The molecule has 1 atom stereocenters. The number of hydrogen-bond donors (Lipinski definition) is 1. The number of rotatable bonds is 5. The highest BCUT2D eigenvalue weighted by Gasteiger charge is 2.00. The Hall–Kier alpha value is -1.87. The highest BCUT2D eigenvalue weighted by molar-refractivity contribution is 5.28. The van der Waals surface area contributed by atoms with Gasteiger partial charge in [-0.3, -0.25) is 4.98 Å². The number of aliphatic hydroxyl groups is 1. The van der Waals surface area contributed by atoms with Crippen LogP contribution < -0.4 is 4.74 Å². The molecule has 1 unspecified atom stereocenters. The minimum Gasteiger partial charge on any atom is -0.493 e. The Morgan fingerprint density at radius 2 is 1.78 bits per heavy atom. The third-order valence-electron chi connectivity index (χ3n) is 2.77. The summed E-state index contributed by atoms with van der Waals surface area (Å²) in [6.45, 7) is 2.39. The van der Waals surface area contributed by atoms with E-state index < -0.39 is 6.10 Å². The summed E-state index contributed by atoms with van der Waals surface area (Å²) in [5.74, 6) is 0.827. The summed E-state index contributed by atoms with van der Waals surface area (Å²) in [7, 11) is 0. The fourth-order valence-electron chi connectivity index (χ4n) is 1.68. The molecule has 0 bridgehead atoms. The number of pyridine rings is 1. The van der Waals surface area contributed by atoms with Crippen LogP contribution in [0.1, 0.15) is 24.2 Å². The number of aliphatic hydroxyl groups excluding tert-OH is 1. The Balaban J connectivity index is 1.83. The molecule has 18 heavy (non-hydrogen) atoms. The van der Waals surface area contributed by atoms with Crippen molar-refractivity contribution >= 4 is 0 Å². The van der Waals surface area contributed by atoms with Gasteiger partial charge in [-0.2, -0.15) is 0 Å². The predicted molar refractivity (Wildman–Crippen MR) is 70.5 cm³/mol. The molecule has 94 valence electrons. The first kappa shape index (κ1) is 12.6. The molecule has 2 rings (SSSR count). The molecule has 3 nitrogen and oxygen atoms in total. The van der Waals surface area contributed by atoms with Gasteiger partial charge in [0.25, 0.3) is 0 Å². The van der Waals surface area contributed by atoms with E-state index >= 15 is 0 Å². The van der Waals surface area contributed by atoms with Crippen LogP contribution in [0.2, 0.25) is 0 Å². The van der Waals surface area contributed by atoms with Crippen LogP contribution in [-0.2, 0) is 6.42 Å². The first-order chi connectivity index (χ1) is 8.75. The molecule has 0 radical (unpaired) electrons. The lowest BCUT2D eigenvalue weighted by molar-refractivity contribution is 0.199. The van der Waals surface area contributed by atoms with Crippen LogP contribution in [0.15, 0.2) is 48.8 Å². The Kier molecular flexibility index (Phi) is 4.31. The maximum atomic E-state index is 9.39. The van der Waals surface area contributed by atoms with Gasteiger partial charge >= 0.3 is 0 Å². The van der Waals surface area contributed by atoms with E-state index in [4.69, 9.17) is 4.74 Å². The van der Waals surface area contributed by atoms with Gasteiger partial charge in [-0.15, -0.1) is 0 Å². The van der Waals surface area contributed by atoms with Gasteiger partial charge in [0.1, 0.15) is 5.75 Å². The quantitative estimate of drug-likeness (QED) is 0.878. The van der Waals surface area contributed by atoms with Crippen molar-refractivity contribution in [2.24, 2.45) is 0 Å². The summed E-state index contributed by atoms with van der Waals surface area (Å²) in [4.78, 5) is 3.97. The zero-order chi connectivity index (χ0) is 12.8. The summed E-state index contributed by atoms with van der Waals surface area (Å²) < 4.78 is 5.64. The molecule has 0 aliphatic heterocycles. The Morgan fingerprint density at radius 1 is 1.11 bits per heavy atom. The van der Waals surface area contributed by atoms with Crippen LogP contribution in [0.3, 0.4) is 0 Å². The predicted octanol–water partition coefficient (Wildman–Crippen LogP) is 2.76. The summed E-state index contributed by atoms with van der Waals surface area (Å²) in [6.07, 6.45) is 4.00. The van der Waals surface area contributed by atoms with Gasteiger partial charge in [-0.1, -0.05) is 12.1 Å². The molecule has 1 aromatic carbocycles. The molecule has 3 heteroatoms. The maximum absolute atomic E-state index is 9.39. The average Bonchev–Trinajstić information content (AvgIpc) is 2.40. The standard InChI is InChI=1S/C15H17NO2/c1-12(17)14-2-4-15(5-3-14)18-11-8-13-6-9-16-10-7-13/h2-7,9-10,12,17H,8,11H2,1H3. The minimum absolute atomic E-state index is 0.434. The summed E-state index contributed by atoms with van der Waals surface area (Å²) in [5.41, 5.74) is 2.11. The van der Waals surface area contributed by atoms with E-state index in [1.54, 1.807) is 19.3 Å². The average molecular weight is 243 g/mol. The molecule has 0 fully saturated rings. The smallest absolute Gasteiger partial charge is 0.119 e. The second-order valence-corrected chi connectivity index (χ2v) is 4.20. The monoisotopic (exact) mass is 243 g/mol. The van der Waals surface area contributed by atoms with E-state index in [0.717, 1.165) is 17.7 Å². The van der Waals surface area contributed by atoms with E-state index in [0.29, 0.717) is 6.61 Å². The van der Waals surface area contributed by atoms with Crippen LogP contribution >= 0.6 is 0 Å². The molecular weight excluding hydrogens is 226 g/mol. The van der Waals surface area contributed by atoms with Gasteiger partial charge in [0, 0.05) is 18.8 Å². The second-order valence-electron chi connectivity index (χ2n) is 4.20. The maximum Gasteiger partial charge on any atom is 0.119 e. The number of aromatic nitrogens is 1. The lowest BCUT2D eigenvalue weighted by atomic mass is 10.1. The third kappa shape index (κ3) is 3.57. The Bertz CT molecular complexity index is 466. The largest absolute Gasteiger partial charge is 0.493 e. The summed E-state index contributed by atoms with van der Waals surface area (Å²) >= 11 is 0. The van der Waals surface area contributed by atoms with E-state index in [1.807, 2.05) is 36.4 Å². The Morgan fingerprint density at radius 3 is 2.39 bits per heavy atom. The molecule has 1 heterocycles. The molecule has 0 saturated heterocycles. The van der Waals surface area contributed by atoms with Gasteiger partial charge in [0.15, 0.2) is 0 Å². The lowest BCUT2D eigenvalue weighted by Gasteiger charge is -2.08. The second kappa shape index (κ2) is 6.17. The highest BCUT2D eigenvalue weighted by Crippen LogP contribution is 2.17. The van der Waals surface area contributed by atoms with Crippen molar-refractivity contribution < 1.29 is 9.84 Å². The molecular formula is C15H17NO2.